The zero-order chi connectivity index (χ0) is 13.1. The third kappa shape index (κ3) is 2.33. The minimum atomic E-state index is 0.650. The first-order valence-corrected chi connectivity index (χ1v) is 6.11. The molecule has 0 radical (unpaired) electrons. The van der Waals surface area contributed by atoms with Crippen molar-refractivity contribution < 1.29 is 0 Å². The molecular weight excluding hydrogens is 236 g/mol. The maximum atomic E-state index is 6.16. The van der Waals surface area contributed by atoms with Crippen molar-refractivity contribution in [3.8, 4) is 0 Å². The van der Waals surface area contributed by atoms with Gasteiger partial charge in [-0.1, -0.05) is 6.07 Å². The molecular formula is C15H14N4. The molecule has 4 heteroatoms. The quantitative estimate of drug-likeness (QED) is 0.702. The fraction of sp³-hybridized carbons (Fsp3) is 0.0667. The molecule has 94 valence electrons. The average molecular weight is 250 g/mol. The van der Waals surface area contributed by atoms with E-state index in [1.807, 2.05) is 42.5 Å². The Bertz CT molecular complexity index is 695. The van der Waals surface area contributed by atoms with Crippen LogP contribution in [0.3, 0.4) is 0 Å². The Morgan fingerprint density at radius 2 is 1.84 bits per heavy atom. The number of nitrogens with zero attached hydrogens (tertiary/aromatic N) is 2. The number of nitrogens with one attached hydrogen (secondary N) is 1. The van der Waals surface area contributed by atoms with Gasteiger partial charge in [0.05, 0.1) is 29.1 Å². The Kier molecular flexibility index (Phi) is 2.98. The molecule has 0 spiro atoms. The van der Waals surface area contributed by atoms with Crippen molar-refractivity contribution in [1.29, 1.82) is 0 Å². The summed E-state index contributed by atoms with van der Waals surface area (Å²) in [5.41, 5.74) is 9.68. The summed E-state index contributed by atoms with van der Waals surface area (Å²) in [5, 5.41) is 4.27. The van der Waals surface area contributed by atoms with Crippen LogP contribution in [0.2, 0.25) is 0 Å². The molecule has 0 saturated heterocycles. The lowest BCUT2D eigenvalue weighted by atomic mass is 10.1. The van der Waals surface area contributed by atoms with Crippen LogP contribution in [0.5, 0.6) is 0 Å². The normalized spacial score (nSPS) is 10.5. The number of hydrogen-bond acceptors (Lipinski definition) is 4. The minimum absolute atomic E-state index is 0.650. The number of nitrogens with two attached hydrogens (primary N) is 1. The molecule has 0 fully saturated rings. The van der Waals surface area contributed by atoms with Crippen molar-refractivity contribution in [3.63, 3.8) is 0 Å². The van der Waals surface area contributed by atoms with Crippen molar-refractivity contribution >= 4 is 22.3 Å². The van der Waals surface area contributed by atoms with Crippen LogP contribution >= 0.6 is 0 Å². The van der Waals surface area contributed by atoms with Gasteiger partial charge in [-0.15, -0.1) is 0 Å². The first-order valence-electron chi connectivity index (χ1n) is 6.11. The van der Waals surface area contributed by atoms with Crippen molar-refractivity contribution in [2.45, 2.75) is 6.54 Å². The summed E-state index contributed by atoms with van der Waals surface area (Å²) in [6.45, 7) is 0.650. The highest BCUT2D eigenvalue weighted by Gasteiger charge is 2.04. The first kappa shape index (κ1) is 11.5. The Morgan fingerprint density at radius 3 is 2.68 bits per heavy atom. The fourth-order valence-corrected chi connectivity index (χ4v) is 2.02. The van der Waals surface area contributed by atoms with E-state index < -0.39 is 0 Å². The molecule has 0 saturated carbocycles. The van der Waals surface area contributed by atoms with E-state index in [0.717, 1.165) is 28.0 Å². The SMILES string of the molecule is Nc1c(NCc2ccccn2)ccc2ncccc12. The summed E-state index contributed by atoms with van der Waals surface area (Å²) in [5.74, 6) is 0. The van der Waals surface area contributed by atoms with E-state index in [0.29, 0.717) is 6.54 Å². The molecule has 4 nitrogen and oxygen atoms in total. The molecule has 0 aliphatic carbocycles. The number of fused-ring (bicyclic) bond motifs is 1. The maximum absolute atomic E-state index is 6.16. The highest BCUT2D eigenvalue weighted by molar-refractivity contribution is 5.96. The number of nitrogen functional groups attached to an aromatic ring is 1. The van der Waals surface area contributed by atoms with Gasteiger partial charge in [0.2, 0.25) is 0 Å². The number of hydrogen-bond donors (Lipinski definition) is 2. The summed E-state index contributed by atoms with van der Waals surface area (Å²) >= 11 is 0. The van der Waals surface area contributed by atoms with Gasteiger partial charge >= 0.3 is 0 Å². The van der Waals surface area contributed by atoms with E-state index in [1.165, 1.54) is 0 Å². The molecule has 3 aromatic rings. The van der Waals surface area contributed by atoms with Gasteiger partial charge < -0.3 is 11.1 Å². The monoisotopic (exact) mass is 250 g/mol. The molecule has 3 rings (SSSR count). The first-order chi connectivity index (χ1) is 9.34. The Hall–Kier alpha value is -2.62. The smallest absolute Gasteiger partial charge is 0.0724 e. The minimum Gasteiger partial charge on any atom is -0.397 e. The second-order valence-corrected chi connectivity index (χ2v) is 4.27. The summed E-state index contributed by atoms with van der Waals surface area (Å²) in [4.78, 5) is 8.55. The highest BCUT2D eigenvalue weighted by Crippen LogP contribution is 2.27. The lowest BCUT2D eigenvalue weighted by molar-refractivity contribution is 1.05. The van der Waals surface area contributed by atoms with Crippen LogP contribution in [0.25, 0.3) is 10.9 Å². The molecule has 0 bridgehead atoms. The summed E-state index contributed by atoms with van der Waals surface area (Å²) in [7, 11) is 0. The number of aromatic nitrogens is 2. The number of rotatable bonds is 3. The molecule has 0 atom stereocenters. The molecule has 0 aliphatic rings. The van der Waals surface area contributed by atoms with Gasteiger partial charge in [-0.2, -0.15) is 0 Å². The average Bonchev–Trinajstić information content (AvgIpc) is 2.48. The van der Waals surface area contributed by atoms with Crippen LogP contribution < -0.4 is 11.1 Å². The number of benzene rings is 1. The molecule has 2 aromatic heterocycles. The van der Waals surface area contributed by atoms with Crippen LogP contribution in [-0.2, 0) is 6.54 Å². The van der Waals surface area contributed by atoms with Crippen LogP contribution in [-0.4, -0.2) is 9.97 Å². The number of anilines is 2. The van der Waals surface area contributed by atoms with Gasteiger partial charge in [0.1, 0.15) is 0 Å². The zero-order valence-electron chi connectivity index (χ0n) is 10.4. The Labute approximate surface area is 111 Å². The molecule has 2 heterocycles. The van der Waals surface area contributed by atoms with Gasteiger partial charge in [-0.05, 0) is 36.4 Å². The molecule has 3 N–H and O–H groups in total. The molecule has 1 aromatic carbocycles. The standard InChI is InChI=1S/C15H14N4/c16-15-12-5-3-9-18-13(12)6-7-14(15)19-10-11-4-1-2-8-17-11/h1-9,19H,10,16H2. The second kappa shape index (κ2) is 4.94. The van der Waals surface area contributed by atoms with Crippen LogP contribution in [0.1, 0.15) is 5.69 Å². The van der Waals surface area contributed by atoms with Gasteiger partial charge in [-0.3, -0.25) is 9.97 Å². The zero-order valence-corrected chi connectivity index (χ0v) is 10.4. The van der Waals surface area contributed by atoms with E-state index in [4.69, 9.17) is 5.73 Å². The summed E-state index contributed by atoms with van der Waals surface area (Å²) in [6, 6.07) is 13.6. The van der Waals surface area contributed by atoms with E-state index in [9.17, 15) is 0 Å². The summed E-state index contributed by atoms with van der Waals surface area (Å²) < 4.78 is 0. The Balaban J connectivity index is 1.87. The third-order valence-electron chi connectivity index (χ3n) is 3.01. The predicted octanol–water partition coefficient (Wildman–Crippen LogP) is 2.82. The van der Waals surface area contributed by atoms with E-state index in [-0.39, 0.29) is 0 Å². The van der Waals surface area contributed by atoms with Crippen molar-refractivity contribution in [2.24, 2.45) is 0 Å². The van der Waals surface area contributed by atoms with E-state index in [1.54, 1.807) is 12.4 Å². The maximum Gasteiger partial charge on any atom is 0.0724 e. The summed E-state index contributed by atoms with van der Waals surface area (Å²) in [6.07, 6.45) is 3.55. The van der Waals surface area contributed by atoms with E-state index in [2.05, 4.69) is 15.3 Å². The third-order valence-corrected chi connectivity index (χ3v) is 3.01. The van der Waals surface area contributed by atoms with Crippen LogP contribution in [0.15, 0.2) is 54.9 Å². The highest BCUT2D eigenvalue weighted by atomic mass is 14.9. The van der Waals surface area contributed by atoms with Crippen molar-refractivity contribution in [3.05, 3.63) is 60.6 Å². The molecule has 0 aliphatic heterocycles. The van der Waals surface area contributed by atoms with Gasteiger partial charge in [0.25, 0.3) is 0 Å². The second-order valence-electron chi connectivity index (χ2n) is 4.27. The largest absolute Gasteiger partial charge is 0.397 e. The van der Waals surface area contributed by atoms with Crippen molar-refractivity contribution in [1.82, 2.24) is 9.97 Å². The Morgan fingerprint density at radius 1 is 0.947 bits per heavy atom. The van der Waals surface area contributed by atoms with Gasteiger partial charge in [-0.25, -0.2) is 0 Å². The lowest BCUT2D eigenvalue weighted by Gasteiger charge is -2.10. The molecule has 19 heavy (non-hydrogen) atoms. The van der Waals surface area contributed by atoms with Gasteiger partial charge in [0.15, 0.2) is 0 Å². The predicted molar refractivity (Wildman–Crippen MR) is 77.7 cm³/mol. The fourth-order valence-electron chi connectivity index (χ4n) is 2.02. The molecule has 0 unspecified atom stereocenters. The molecule has 0 amide bonds. The van der Waals surface area contributed by atoms with E-state index >= 15 is 0 Å². The van der Waals surface area contributed by atoms with Crippen LogP contribution in [0, 0.1) is 0 Å². The topological polar surface area (TPSA) is 63.8 Å². The number of pyridine rings is 2. The van der Waals surface area contributed by atoms with Crippen molar-refractivity contribution in [2.75, 3.05) is 11.1 Å². The lowest BCUT2D eigenvalue weighted by Crippen LogP contribution is -2.04. The van der Waals surface area contributed by atoms with Crippen LogP contribution in [0.4, 0.5) is 11.4 Å². The van der Waals surface area contributed by atoms with Gasteiger partial charge in [0, 0.05) is 17.8 Å².